The molecule has 2 N–H and O–H groups in total. The molecule has 4 nitrogen and oxygen atoms in total. The zero-order valence-corrected chi connectivity index (χ0v) is 6.54. The van der Waals surface area contributed by atoms with Crippen molar-refractivity contribution in [1.82, 2.24) is 5.32 Å². The summed E-state index contributed by atoms with van der Waals surface area (Å²) >= 11 is 0. The number of aliphatic hydroxyl groups excluding tert-OH is 1. The number of alkyl carbamates (subject to hydrolysis) is 1. The molecule has 64 valence electrons. The van der Waals surface area contributed by atoms with Crippen LogP contribution in [0.4, 0.5) is 4.79 Å². The molecule has 0 aromatic carbocycles. The molecule has 1 heterocycles. The third-order valence-electron chi connectivity index (χ3n) is 1.71. The van der Waals surface area contributed by atoms with Crippen LogP contribution in [0.15, 0.2) is 0 Å². The predicted octanol–water partition coefficient (Wildman–Crippen LogP) is 0.256. The minimum absolute atomic E-state index is 0.0741. The van der Waals surface area contributed by atoms with Crippen LogP contribution in [0, 0.1) is 0 Å². The molecule has 2 unspecified atom stereocenters. The van der Waals surface area contributed by atoms with Crippen molar-refractivity contribution in [2.75, 3.05) is 6.61 Å². The van der Waals surface area contributed by atoms with Gasteiger partial charge in [0, 0.05) is 25.5 Å². The Balaban J connectivity index is 2.36. The summed E-state index contributed by atoms with van der Waals surface area (Å²) in [4.78, 5) is 10.7. The Bertz CT molecular complexity index is 149. The number of cyclic esters (lactones) is 1. The highest BCUT2D eigenvalue weighted by molar-refractivity contribution is 5.68. The molecule has 0 aromatic heterocycles. The summed E-state index contributed by atoms with van der Waals surface area (Å²) in [5, 5.41) is 11.2. The number of hydrogen-bond acceptors (Lipinski definition) is 3. The summed E-state index contributed by atoms with van der Waals surface area (Å²) in [6.07, 6.45) is 0.843. The molecule has 1 aliphatic heterocycles. The zero-order valence-electron chi connectivity index (χ0n) is 6.54. The average molecular weight is 159 g/mol. The average Bonchev–Trinajstić information content (AvgIpc) is 1.85. The van der Waals surface area contributed by atoms with Gasteiger partial charge in [-0.25, -0.2) is 4.79 Å². The van der Waals surface area contributed by atoms with Crippen molar-refractivity contribution >= 4 is 6.09 Å². The van der Waals surface area contributed by atoms with E-state index in [0.717, 1.165) is 6.42 Å². The predicted molar refractivity (Wildman–Crippen MR) is 39.2 cm³/mol. The van der Waals surface area contributed by atoms with Crippen molar-refractivity contribution in [3.8, 4) is 0 Å². The summed E-state index contributed by atoms with van der Waals surface area (Å²) in [6, 6.07) is 0.160. The molecule has 2 atom stereocenters. The normalized spacial score (nSPS) is 30.9. The largest absolute Gasteiger partial charge is 0.446 e. The maximum atomic E-state index is 10.7. The molecule has 0 aliphatic carbocycles. The van der Waals surface area contributed by atoms with Gasteiger partial charge in [-0.15, -0.1) is 0 Å². The zero-order chi connectivity index (χ0) is 8.27. The Kier molecular flexibility index (Phi) is 2.70. The van der Waals surface area contributed by atoms with E-state index >= 15 is 0 Å². The van der Waals surface area contributed by atoms with Crippen LogP contribution in [0.2, 0.25) is 0 Å². The second-order valence-electron chi connectivity index (χ2n) is 2.82. The van der Waals surface area contributed by atoms with Crippen LogP contribution in [0.25, 0.3) is 0 Å². The summed E-state index contributed by atoms with van der Waals surface area (Å²) < 4.78 is 4.89. The standard InChI is InChI=1S/C7H13NO3/c1-5-4-6(2-3-9)11-7(10)8-5/h5-6,9H,2-4H2,1H3,(H,8,10). The third-order valence-corrected chi connectivity index (χ3v) is 1.71. The monoisotopic (exact) mass is 159 g/mol. The molecule has 1 amide bonds. The maximum absolute atomic E-state index is 10.7. The maximum Gasteiger partial charge on any atom is 0.407 e. The van der Waals surface area contributed by atoms with E-state index in [-0.39, 0.29) is 24.8 Å². The third kappa shape index (κ3) is 2.38. The van der Waals surface area contributed by atoms with E-state index in [1.807, 2.05) is 6.92 Å². The van der Waals surface area contributed by atoms with E-state index in [9.17, 15) is 4.79 Å². The first kappa shape index (κ1) is 8.33. The number of hydrogen-bond donors (Lipinski definition) is 2. The number of ether oxygens (including phenoxy) is 1. The lowest BCUT2D eigenvalue weighted by Crippen LogP contribution is -2.44. The van der Waals surface area contributed by atoms with Gasteiger partial charge in [-0.05, 0) is 6.92 Å². The molecule has 0 saturated carbocycles. The fourth-order valence-corrected chi connectivity index (χ4v) is 1.21. The Morgan fingerprint density at radius 2 is 2.55 bits per heavy atom. The van der Waals surface area contributed by atoms with E-state index in [4.69, 9.17) is 9.84 Å². The van der Waals surface area contributed by atoms with Gasteiger partial charge >= 0.3 is 6.09 Å². The molecule has 1 saturated heterocycles. The number of carbonyl (C=O) groups excluding carboxylic acids is 1. The van der Waals surface area contributed by atoms with Gasteiger partial charge in [-0.3, -0.25) is 0 Å². The molecule has 0 radical (unpaired) electrons. The van der Waals surface area contributed by atoms with E-state index in [1.165, 1.54) is 0 Å². The topological polar surface area (TPSA) is 58.6 Å². The summed E-state index contributed by atoms with van der Waals surface area (Å²) in [6.45, 7) is 2.00. The van der Waals surface area contributed by atoms with Crippen LogP contribution in [0.3, 0.4) is 0 Å². The molecule has 1 aliphatic rings. The summed E-state index contributed by atoms with van der Waals surface area (Å²) in [5.74, 6) is 0. The van der Waals surface area contributed by atoms with E-state index in [0.29, 0.717) is 6.42 Å². The van der Waals surface area contributed by atoms with Gasteiger partial charge in [-0.2, -0.15) is 0 Å². The smallest absolute Gasteiger partial charge is 0.407 e. The van der Waals surface area contributed by atoms with Gasteiger partial charge in [-0.1, -0.05) is 0 Å². The Morgan fingerprint density at radius 3 is 3.09 bits per heavy atom. The van der Waals surface area contributed by atoms with Crippen molar-refractivity contribution in [2.45, 2.75) is 31.9 Å². The fourth-order valence-electron chi connectivity index (χ4n) is 1.21. The van der Waals surface area contributed by atoms with E-state index < -0.39 is 0 Å². The first-order valence-electron chi connectivity index (χ1n) is 3.80. The molecule has 1 fully saturated rings. The number of carbonyl (C=O) groups is 1. The highest BCUT2D eigenvalue weighted by atomic mass is 16.6. The lowest BCUT2D eigenvalue weighted by Gasteiger charge is -2.27. The van der Waals surface area contributed by atoms with Crippen LogP contribution >= 0.6 is 0 Å². The minimum atomic E-state index is -0.373. The van der Waals surface area contributed by atoms with Gasteiger partial charge in [0.25, 0.3) is 0 Å². The van der Waals surface area contributed by atoms with Crippen LogP contribution in [0.1, 0.15) is 19.8 Å². The Labute approximate surface area is 65.5 Å². The van der Waals surface area contributed by atoms with Gasteiger partial charge in [0.2, 0.25) is 0 Å². The quantitative estimate of drug-likeness (QED) is 0.607. The highest BCUT2D eigenvalue weighted by Gasteiger charge is 2.23. The molecular weight excluding hydrogens is 146 g/mol. The van der Waals surface area contributed by atoms with Crippen molar-refractivity contribution in [3.05, 3.63) is 0 Å². The Hall–Kier alpha value is -0.770. The molecule has 0 aromatic rings. The second-order valence-corrected chi connectivity index (χ2v) is 2.82. The molecule has 11 heavy (non-hydrogen) atoms. The number of amides is 1. The molecule has 1 rings (SSSR count). The van der Waals surface area contributed by atoms with Crippen LogP contribution in [-0.2, 0) is 4.74 Å². The van der Waals surface area contributed by atoms with Gasteiger partial charge < -0.3 is 15.2 Å². The molecule has 0 spiro atoms. The lowest BCUT2D eigenvalue weighted by molar-refractivity contribution is 0.0470. The molecule has 4 heteroatoms. The number of nitrogens with one attached hydrogen (secondary N) is 1. The number of rotatable bonds is 2. The highest BCUT2D eigenvalue weighted by Crippen LogP contribution is 2.11. The van der Waals surface area contributed by atoms with Crippen molar-refractivity contribution in [2.24, 2.45) is 0 Å². The first-order chi connectivity index (χ1) is 5.22. The Morgan fingerprint density at radius 1 is 1.82 bits per heavy atom. The molecule has 0 bridgehead atoms. The summed E-state index contributed by atoms with van der Waals surface area (Å²) in [7, 11) is 0. The second kappa shape index (κ2) is 3.57. The van der Waals surface area contributed by atoms with Gasteiger partial charge in [0.15, 0.2) is 0 Å². The lowest BCUT2D eigenvalue weighted by atomic mass is 10.1. The van der Waals surface area contributed by atoms with Crippen LogP contribution < -0.4 is 5.32 Å². The van der Waals surface area contributed by atoms with E-state index in [1.54, 1.807) is 0 Å². The summed E-state index contributed by atoms with van der Waals surface area (Å²) in [5.41, 5.74) is 0. The van der Waals surface area contributed by atoms with Crippen molar-refractivity contribution in [3.63, 3.8) is 0 Å². The van der Waals surface area contributed by atoms with Crippen molar-refractivity contribution < 1.29 is 14.6 Å². The number of aliphatic hydroxyl groups is 1. The van der Waals surface area contributed by atoms with E-state index in [2.05, 4.69) is 5.32 Å². The molecular formula is C7H13NO3. The fraction of sp³-hybridized carbons (Fsp3) is 0.857. The van der Waals surface area contributed by atoms with Gasteiger partial charge in [0.05, 0.1) is 0 Å². The minimum Gasteiger partial charge on any atom is -0.446 e. The van der Waals surface area contributed by atoms with Crippen LogP contribution in [0.5, 0.6) is 0 Å². The SMILES string of the molecule is CC1CC(CCO)OC(=O)N1. The van der Waals surface area contributed by atoms with Gasteiger partial charge in [0.1, 0.15) is 6.10 Å². The first-order valence-corrected chi connectivity index (χ1v) is 3.80. The van der Waals surface area contributed by atoms with Crippen molar-refractivity contribution in [1.29, 1.82) is 0 Å². The van der Waals surface area contributed by atoms with Crippen LogP contribution in [-0.4, -0.2) is 30.0 Å².